The van der Waals surface area contributed by atoms with E-state index >= 15 is 0 Å². The molecule has 164 valence electrons. The van der Waals surface area contributed by atoms with E-state index in [-0.39, 0.29) is 17.9 Å². The Morgan fingerprint density at radius 2 is 1.87 bits per heavy atom. The first-order chi connectivity index (χ1) is 14.9. The van der Waals surface area contributed by atoms with Crippen LogP contribution >= 0.6 is 0 Å². The van der Waals surface area contributed by atoms with Crippen molar-refractivity contribution in [1.29, 1.82) is 0 Å². The van der Waals surface area contributed by atoms with Gasteiger partial charge in [0.25, 0.3) is 5.91 Å². The maximum atomic E-state index is 12.5. The minimum atomic E-state index is -0.915. The molecule has 0 spiro atoms. The Labute approximate surface area is 182 Å². The number of ether oxygens (including phenoxy) is 3. The molecule has 2 aromatic carbocycles. The smallest absolute Gasteiger partial charge is 0.251 e. The normalized spacial score (nSPS) is 17.2. The number of hydrogen-bond acceptors (Lipinski definition) is 5. The molecule has 7 heteroatoms. The summed E-state index contributed by atoms with van der Waals surface area (Å²) in [6.07, 6.45) is 0.929. The number of rotatable bonds is 7. The highest BCUT2D eigenvalue weighted by molar-refractivity contribution is 6.01. The van der Waals surface area contributed by atoms with Gasteiger partial charge in [-0.3, -0.25) is 9.59 Å². The van der Waals surface area contributed by atoms with Crippen LogP contribution in [0.25, 0.3) is 0 Å². The van der Waals surface area contributed by atoms with Gasteiger partial charge in [0.15, 0.2) is 5.79 Å². The van der Waals surface area contributed by atoms with Crippen LogP contribution in [0.3, 0.4) is 0 Å². The van der Waals surface area contributed by atoms with Crippen molar-refractivity contribution in [2.75, 3.05) is 31.7 Å². The summed E-state index contributed by atoms with van der Waals surface area (Å²) in [6.45, 7) is 5.28. The maximum Gasteiger partial charge on any atom is 0.251 e. The van der Waals surface area contributed by atoms with Crippen molar-refractivity contribution >= 4 is 17.5 Å². The van der Waals surface area contributed by atoms with Crippen LogP contribution in [0.5, 0.6) is 5.75 Å². The number of carbonyl (C=O) groups is 2. The molecule has 0 unspecified atom stereocenters. The van der Waals surface area contributed by atoms with Gasteiger partial charge in [-0.15, -0.1) is 0 Å². The minimum Gasteiger partial charge on any atom is -0.491 e. The van der Waals surface area contributed by atoms with Crippen LogP contribution in [0.15, 0.2) is 42.5 Å². The van der Waals surface area contributed by atoms with E-state index in [1.54, 1.807) is 36.2 Å². The molecule has 2 heterocycles. The van der Waals surface area contributed by atoms with Crippen LogP contribution < -0.4 is 15.0 Å². The lowest BCUT2D eigenvalue weighted by molar-refractivity contribution is -0.169. The van der Waals surface area contributed by atoms with Crippen molar-refractivity contribution in [2.45, 2.75) is 38.6 Å². The predicted octanol–water partition coefficient (Wildman–Crippen LogP) is 3.01. The number of carbonyl (C=O) groups excluding carboxylic acids is 2. The standard InChI is InChI=1S/C24H28N2O5/c1-16(2)31-20-7-4-17(5-8-20)23(28)25-11-10-24(29-12-13-30-24)19-6-9-21-18(14-19)15-22(27)26(21)3/h4-9,14,16H,10-13,15H2,1-3H3,(H,25,28). The van der Waals surface area contributed by atoms with Gasteiger partial charge >= 0.3 is 0 Å². The number of likely N-dealkylation sites (N-methyl/N-ethyl adjacent to an activating group) is 1. The molecule has 0 aliphatic carbocycles. The molecule has 0 aromatic heterocycles. The molecular weight excluding hydrogens is 396 g/mol. The van der Waals surface area contributed by atoms with Crippen molar-refractivity contribution < 1.29 is 23.8 Å². The molecule has 0 saturated carbocycles. The summed E-state index contributed by atoms with van der Waals surface area (Å²) in [5.74, 6) is -0.266. The molecule has 0 bridgehead atoms. The van der Waals surface area contributed by atoms with Crippen molar-refractivity contribution in [3.05, 3.63) is 59.2 Å². The van der Waals surface area contributed by atoms with Crippen molar-refractivity contribution in [1.82, 2.24) is 5.32 Å². The molecule has 2 aliphatic heterocycles. The summed E-state index contributed by atoms with van der Waals surface area (Å²) in [4.78, 5) is 26.2. The second kappa shape index (κ2) is 8.69. The molecule has 2 aliphatic rings. The van der Waals surface area contributed by atoms with Gasteiger partial charge in [0.2, 0.25) is 5.91 Å². The Bertz CT molecular complexity index is 964. The summed E-state index contributed by atoms with van der Waals surface area (Å²) in [6, 6.07) is 12.9. The average Bonchev–Trinajstić information content (AvgIpc) is 3.33. The Morgan fingerprint density at radius 1 is 1.16 bits per heavy atom. The molecule has 0 atom stereocenters. The Kier molecular flexibility index (Phi) is 5.98. The molecule has 4 rings (SSSR count). The summed E-state index contributed by atoms with van der Waals surface area (Å²) >= 11 is 0. The molecule has 1 fully saturated rings. The van der Waals surface area contributed by atoms with Gasteiger partial charge < -0.3 is 24.4 Å². The third kappa shape index (κ3) is 4.43. The van der Waals surface area contributed by atoms with Crippen LogP contribution in [0.1, 0.15) is 41.8 Å². The number of nitrogens with one attached hydrogen (secondary N) is 1. The molecule has 7 nitrogen and oxygen atoms in total. The average molecular weight is 424 g/mol. The van der Waals surface area contributed by atoms with Gasteiger partial charge in [-0.25, -0.2) is 0 Å². The van der Waals surface area contributed by atoms with Crippen molar-refractivity contribution in [2.24, 2.45) is 0 Å². The zero-order chi connectivity index (χ0) is 22.0. The van der Waals surface area contributed by atoms with Crippen LogP contribution in [0.2, 0.25) is 0 Å². The van der Waals surface area contributed by atoms with Crippen molar-refractivity contribution in [3.8, 4) is 5.75 Å². The third-order valence-electron chi connectivity index (χ3n) is 5.58. The number of hydrogen-bond donors (Lipinski definition) is 1. The lowest BCUT2D eigenvalue weighted by Crippen LogP contribution is -2.34. The zero-order valence-corrected chi connectivity index (χ0v) is 18.1. The largest absolute Gasteiger partial charge is 0.491 e. The highest BCUT2D eigenvalue weighted by Crippen LogP contribution is 2.38. The topological polar surface area (TPSA) is 77.1 Å². The van der Waals surface area contributed by atoms with E-state index in [0.717, 1.165) is 22.6 Å². The van der Waals surface area contributed by atoms with Crippen LogP contribution in [0, 0.1) is 0 Å². The van der Waals surface area contributed by atoms with E-state index < -0.39 is 5.79 Å². The minimum absolute atomic E-state index is 0.0755. The monoisotopic (exact) mass is 424 g/mol. The number of nitrogens with zero attached hydrogens (tertiary/aromatic N) is 1. The van der Waals surface area contributed by atoms with E-state index in [2.05, 4.69) is 5.32 Å². The molecule has 1 saturated heterocycles. The lowest BCUT2D eigenvalue weighted by atomic mass is 9.98. The first-order valence-corrected chi connectivity index (χ1v) is 10.6. The Morgan fingerprint density at radius 3 is 2.55 bits per heavy atom. The predicted molar refractivity (Wildman–Crippen MR) is 116 cm³/mol. The summed E-state index contributed by atoms with van der Waals surface area (Å²) in [7, 11) is 1.78. The zero-order valence-electron chi connectivity index (χ0n) is 18.1. The summed E-state index contributed by atoms with van der Waals surface area (Å²) in [5, 5.41) is 2.94. The van der Waals surface area contributed by atoms with Gasteiger partial charge in [0.05, 0.1) is 25.7 Å². The number of anilines is 1. The molecule has 0 radical (unpaired) electrons. The highest BCUT2D eigenvalue weighted by atomic mass is 16.7. The lowest BCUT2D eigenvalue weighted by Gasteiger charge is -2.28. The number of benzene rings is 2. The van der Waals surface area contributed by atoms with Gasteiger partial charge in [-0.05, 0) is 55.8 Å². The van der Waals surface area contributed by atoms with Gasteiger partial charge in [0.1, 0.15) is 5.75 Å². The van der Waals surface area contributed by atoms with E-state index in [1.165, 1.54) is 0 Å². The molecular formula is C24H28N2O5. The summed E-state index contributed by atoms with van der Waals surface area (Å²) < 4.78 is 17.6. The Balaban J connectivity index is 1.41. The third-order valence-corrected chi connectivity index (χ3v) is 5.58. The van der Waals surface area contributed by atoms with Crippen LogP contribution in [-0.2, 0) is 26.5 Å². The van der Waals surface area contributed by atoms with E-state index in [9.17, 15) is 9.59 Å². The van der Waals surface area contributed by atoms with Gasteiger partial charge in [0, 0.05) is 36.8 Å². The second-order valence-electron chi connectivity index (χ2n) is 8.12. The molecule has 31 heavy (non-hydrogen) atoms. The Hall–Kier alpha value is -2.90. The SMILES string of the molecule is CC(C)Oc1ccc(C(=O)NCCC2(c3ccc4c(c3)CC(=O)N4C)OCCO2)cc1. The van der Waals surface area contributed by atoms with E-state index in [1.807, 2.05) is 32.0 Å². The maximum absolute atomic E-state index is 12.5. The van der Waals surface area contributed by atoms with Crippen LogP contribution in [0.4, 0.5) is 5.69 Å². The van der Waals surface area contributed by atoms with Gasteiger partial charge in [-0.1, -0.05) is 6.07 Å². The van der Waals surface area contributed by atoms with E-state index in [4.69, 9.17) is 14.2 Å². The van der Waals surface area contributed by atoms with Crippen molar-refractivity contribution in [3.63, 3.8) is 0 Å². The van der Waals surface area contributed by atoms with E-state index in [0.29, 0.717) is 38.2 Å². The quantitative estimate of drug-likeness (QED) is 0.739. The number of amides is 2. The van der Waals surface area contributed by atoms with Gasteiger partial charge in [-0.2, -0.15) is 0 Å². The molecule has 2 amide bonds. The fraction of sp³-hybridized carbons (Fsp3) is 0.417. The number of fused-ring (bicyclic) bond motifs is 1. The van der Waals surface area contributed by atoms with Crippen LogP contribution in [-0.4, -0.2) is 44.7 Å². The first kappa shape index (κ1) is 21.3. The molecule has 2 aromatic rings. The second-order valence-corrected chi connectivity index (χ2v) is 8.12. The fourth-order valence-electron chi connectivity index (χ4n) is 4.02. The summed E-state index contributed by atoms with van der Waals surface area (Å²) in [5.41, 5.74) is 3.32. The highest BCUT2D eigenvalue weighted by Gasteiger charge is 2.39. The fourth-order valence-corrected chi connectivity index (χ4v) is 4.02. The first-order valence-electron chi connectivity index (χ1n) is 10.6. The molecule has 1 N–H and O–H groups in total.